The monoisotopic (exact) mass is 791 g/mol. The molecule has 12 heteroatoms. The summed E-state index contributed by atoms with van der Waals surface area (Å²) in [6, 6.07) is 23.0. The van der Waals surface area contributed by atoms with E-state index in [2.05, 4.69) is 33.4 Å². The molecule has 2 aliphatic carbocycles. The molecule has 0 saturated heterocycles. The predicted octanol–water partition coefficient (Wildman–Crippen LogP) is 8.95. The summed E-state index contributed by atoms with van der Waals surface area (Å²) in [5.74, 6) is 10.8. The molecule has 8 nitrogen and oxygen atoms in total. The van der Waals surface area contributed by atoms with E-state index in [1.165, 1.54) is 29.2 Å². The lowest BCUT2D eigenvalue weighted by Crippen LogP contribution is -2.41. The summed E-state index contributed by atoms with van der Waals surface area (Å²) in [4.78, 5) is 44.6. The standard InChI is InChI=1S/C24H23F2N3O2.C22H18F2O3/c1-3-4-6-15-7-5-8-17(13-15)24(21(30)29(2)23(27)28-24)18-11-12-20(31-22(25)26)19(14-18)16-9-10-16;1-2-3-5-14-6-4-7-16(12-14)20(25)21(26)17-10-11-19(27-22(23)24)18(13-17)15-8-9-15/h5,7-8,11-14,16,22H,3,9-10H2,1-2H3,(H2,27,28);4,6-7,10-13,15,22H,2,8-9H2,1H3. The fourth-order valence-electron chi connectivity index (χ4n) is 6.68. The Labute approximate surface area is 334 Å². The Hall–Kier alpha value is -6.40. The van der Waals surface area contributed by atoms with Gasteiger partial charge in [-0.25, -0.2) is 4.99 Å². The van der Waals surface area contributed by atoms with E-state index in [-0.39, 0.29) is 46.3 Å². The van der Waals surface area contributed by atoms with Crippen molar-refractivity contribution in [3.63, 3.8) is 0 Å². The zero-order valence-electron chi connectivity index (χ0n) is 32.2. The number of nitrogens with two attached hydrogens (primary N) is 1. The van der Waals surface area contributed by atoms with Gasteiger partial charge in [-0.3, -0.25) is 19.3 Å². The van der Waals surface area contributed by atoms with Gasteiger partial charge in [0, 0.05) is 42.1 Å². The number of rotatable bonds is 11. The molecule has 1 heterocycles. The van der Waals surface area contributed by atoms with Crippen LogP contribution in [0, 0.1) is 23.7 Å². The van der Waals surface area contributed by atoms with Crippen LogP contribution < -0.4 is 15.2 Å². The summed E-state index contributed by atoms with van der Waals surface area (Å²) in [7, 11) is 1.57. The van der Waals surface area contributed by atoms with Crippen LogP contribution in [0.4, 0.5) is 17.6 Å². The number of guanidine groups is 1. The molecule has 1 unspecified atom stereocenters. The normalized spacial score (nSPS) is 17.0. The van der Waals surface area contributed by atoms with Gasteiger partial charge in [-0.05, 0) is 114 Å². The van der Waals surface area contributed by atoms with Crippen molar-refractivity contribution in [2.75, 3.05) is 7.05 Å². The van der Waals surface area contributed by atoms with E-state index < -0.39 is 30.3 Å². The van der Waals surface area contributed by atoms with Crippen LogP contribution in [-0.4, -0.2) is 48.6 Å². The number of nitrogens with zero attached hydrogens (tertiary/aromatic N) is 2. The van der Waals surface area contributed by atoms with Gasteiger partial charge < -0.3 is 15.2 Å². The topological polar surface area (TPSA) is 111 Å². The molecule has 58 heavy (non-hydrogen) atoms. The average Bonchev–Trinajstić information content (AvgIpc) is 4.16. The average molecular weight is 792 g/mol. The smallest absolute Gasteiger partial charge is 0.387 e. The Kier molecular flexibility index (Phi) is 12.7. The molecule has 2 N–H and O–H groups in total. The van der Waals surface area contributed by atoms with Gasteiger partial charge in [0.2, 0.25) is 11.6 Å². The van der Waals surface area contributed by atoms with Gasteiger partial charge in [-0.15, -0.1) is 0 Å². The molecular weight excluding hydrogens is 751 g/mol. The van der Waals surface area contributed by atoms with Crippen molar-refractivity contribution < 1.29 is 41.4 Å². The predicted molar refractivity (Wildman–Crippen MR) is 211 cm³/mol. The second kappa shape index (κ2) is 17.8. The molecular formula is C46H41F4N3O5. The van der Waals surface area contributed by atoms with Crippen LogP contribution in [0.25, 0.3) is 0 Å². The van der Waals surface area contributed by atoms with Crippen molar-refractivity contribution in [2.24, 2.45) is 10.7 Å². The minimum atomic E-state index is -2.93. The van der Waals surface area contributed by atoms with Crippen molar-refractivity contribution in [1.82, 2.24) is 4.90 Å². The Morgan fingerprint density at radius 1 is 0.741 bits per heavy atom. The number of carbonyl (C=O) groups excluding carboxylic acids is 3. The van der Waals surface area contributed by atoms with Crippen LogP contribution >= 0.6 is 0 Å². The second-order valence-electron chi connectivity index (χ2n) is 14.0. The molecule has 1 atom stereocenters. The summed E-state index contributed by atoms with van der Waals surface area (Å²) in [6.45, 7) is -1.97. The third kappa shape index (κ3) is 9.24. The number of halogens is 4. The van der Waals surface area contributed by atoms with Crippen LogP contribution in [0.3, 0.4) is 0 Å². The van der Waals surface area contributed by atoms with E-state index in [1.807, 2.05) is 38.1 Å². The molecule has 7 rings (SSSR count). The number of likely N-dealkylation sites (N-methyl/N-ethyl adjacent to an activating group) is 1. The first-order valence-corrected chi connectivity index (χ1v) is 18.9. The molecule has 4 aromatic rings. The number of amides is 1. The maximum Gasteiger partial charge on any atom is 0.387 e. The van der Waals surface area contributed by atoms with Gasteiger partial charge in [0.15, 0.2) is 11.5 Å². The fraction of sp³-hybridized carbons (Fsp3) is 0.304. The van der Waals surface area contributed by atoms with E-state index in [0.29, 0.717) is 40.7 Å². The number of carbonyl (C=O) groups is 3. The molecule has 4 aromatic carbocycles. The number of Topliss-reactive ketones (excluding diaryl/α,β-unsaturated/α-hetero) is 2. The molecule has 0 bridgehead atoms. The first-order chi connectivity index (χ1) is 27.9. The first kappa shape index (κ1) is 41.2. The molecule has 0 radical (unpaired) electrons. The summed E-state index contributed by atoms with van der Waals surface area (Å²) in [5.41, 5.74) is 8.89. The number of benzene rings is 4. The summed E-state index contributed by atoms with van der Waals surface area (Å²) >= 11 is 0. The summed E-state index contributed by atoms with van der Waals surface area (Å²) < 4.78 is 60.2. The highest BCUT2D eigenvalue weighted by Gasteiger charge is 2.50. The van der Waals surface area contributed by atoms with Crippen molar-refractivity contribution in [2.45, 2.75) is 83.0 Å². The van der Waals surface area contributed by atoms with E-state index in [1.54, 1.807) is 43.4 Å². The minimum absolute atomic E-state index is 0.0633. The van der Waals surface area contributed by atoms with Crippen molar-refractivity contribution in [1.29, 1.82) is 0 Å². The minimum Gasteiger partial charge on any atom is -0.435 e. The first-order valence-electron chi connectivity index (χ1n) is 18.9. The van der Waals surface area contributed by atoms with Crippen LogP contribution in [-0.2, 0) is 10.3 Å². The second-order valence-corrected chi connectivity index (χ2v) is 14.0. The maximum atomic E-state index is 13.5. The van der Waals surface area contributed by atoms with Gasteiger partial charge in [0.05, 0.1) is 0 Å². The number of ether oxygens (including phenoxy) is 2. The van der Waals surface area contributed by atoms with Crippen LogP contribution in [0.15, 0.2) is 89.9 Å². The van der Waals surface area contributed by atoms with Gasteiger partial charge in [0.25, 0.3) is 5.91 Å². The Morgan fingerprint density at radius 3 is 1.76 bits per heavy atom. The molecule has 0 aromatic heterocycles. The van der Waals surface area contributed by atoms with Crippen molar-refractivity contribution in [3.8, 4) is 35.2 Å². The number of ketones is 2. The zero-order chi connectivity index (χ0) is 41.6. The van der Waals surface area contributed by atoms with Gasteiger partial charge >= 0.3 is 13.2 Å². The lowest BCUT2D eigenvalue weighted by molar-refractivity contribution is -0.129. The molecule has 1 amide bonds. The summed E-state index contributed by atoms with van der Waals surface area (Å²) in [5, 5.41) is 0. The lowest BCUT2D eigenvalue weighted by Gasteiger charge is -2.27. The van der Waals surface area contributed by atoms with Gasteiger partial charge in [-0.1, -0.05) is 67.9 Å². The largest absolute Gasteiger partial charge is 0.435 e. The Morgan fingerprint density at radius 2 is 1.24 bits per heavy atom. The highest BCUT2D eigenvalue weighted by atomic mass is 19.3. The third-order valence-corrected chi connectivity index (χ3v) is 9.84. The molecule has 298 valence electrons. The molecule has 0 spiro atoms. The fourth-order valence-corrected chi connectivity index (χ4v) is 6.68. The van der Waals surface area contributed by atoms with E-state index in [4.69, 9.17) is 10.5 Å². The highest BCUT2D eigenvalue weighted by molar-refractivity contribution is 6.49. The SMILES string of the molecule is CCC#Cc1cccc(C(=O)C(=O)c2ccc(OC(F)F)c(C3CC3)c2)c1.CCC#Cc1cccc(C2(c3ccc(OC(F)F)c(C4CC4)c3)N=C(N)N(C)C2=O)c1. The molecule has 1 aliphatic heterocycles. The van der Waals surface area contributed by atoms with E-state index in [9.17, 15) is 31.9 Å². The zero-order valence-corrected chi connectivity index (χ0v) is 32.2. The number of hydrogen-bond acceptors (Lipinski definition) is 7. The van der Waals surface area contributed by atoms with Crippen LogP contribution in [0.2, 0.25) is 0 Å². The number of alkyl halides is 4. The van der Waals surface area contributed by atoms with Crippen LogP contribution in [0.5, 0.6) is 11.5 Å². The third-order valence-electron chi connectivity index (χ3n) is 9.84. The Balaban J connectivity index is 0.000000198. The van der Waals surface area contributed by atoms with E-state index >= 15 is 0 Å². The number of aliphatic imine (C=N–C) groups is 1. The lowest BCUT2D eigenvalue weighted by atomic mass is 9.81. The Bertz CT molecular complexity index is 2380. The van der Waals surface area contributed by atoms with Gasteiger partial charge in [0.1, 0.15) is 11.5 Å². The van der Waals surface area contributed by atoms with Crippen molar-refractivity contribution in [3.05, 3.63) is 129 Å². The molecule has 3 aliphatic rings. The molecule has 2 saturated carbocycles. The number of hydrogen-bond donors (Lipinski definition) is 1. The molecule has 2 fully saturated rings. The van der Waals surface area contributed by atoms with Crippen molar-refractivity contribution >= 4 is 23.4 Å². The van der Waals surface area contributed by atoms with Gasteiger partial charge in [-0.2, -0.15) is 17.6 Å². The maximum absolute atomic E-state index is 13.5. The highest BCUT2D eigenvalue weighted by Crippen LogP contribution is 2.48. The van der Waals surface area contributed by atoms with Crippen LogP contribution in [0.1, 0.15) is 118 Å². The summed E-state index contributed by atoms with van der Waals surface area (Å²) in [6.07, 6.45) is 4.87. The van der Waals surface area contributed by atoms with E-state index in [0.717, 1.165) is 31.2 Å². The quantitative estimate of drug-likeness (QED) is 0.0703.